The summed E-state index contributed by atoms with van der Waals surface area (Å²) in [5, 5.41) is 11.9. The van der Waals surface area contributed by atoms with E-state index in [0.717, 1.165) is 12.1 Å². The van der Waals surface area contributed by atoms with Crippen molar-refractivity contribution in [2.45, 2.75) is 27.3 Å². The quantitative estimate of drug-likeness (QED) is 0.855. The number of nitrogens with two attached hydrogens (primary N) is 1. The van der Waals surface area contributed by atoms with Crippen LogP contribution in [0.1, 0.15) is 20.8 Å². The second-order valence-corrected chi connectivity index (χ2v) is 5.72. The van der Waals surface area contributed by atoms with Crippen LogP contribution in [0, 0.1) is 5.41 Å². The predicted octanol–water partition coefficient (Wildman–Crippen LogP) is 1.98. The highest BCUT2D eigenvalue weighted by molar-refractivity contribution is 5.64. The fourth-order valence-electron chi connectivity index (χ4n) is 1.84. The Balaban J connectivity index is 2.42. The first-order valence-corrected chi connectivity index (χ1v) is 6.10. The van der Waals surface area contributed by atoms with Gasteiger partial charge in [-0.15, -0.1) is 5.10 Å². The molecule has 0 unspecified atom stereocenters. The minimum Gasteiger partial charge on any atom is -0.497 e. The van der Waals surface area contributed by atoms with Crippen LogP contribution in [0.2, 0.25) is 0 Å². The number of aromatic nitrogens is 4. The first-order chi connectivity index (χ1) is 8.89. The second-order valence-electron chi connectivity index (χ2n) is 5.72. The van der Waals surface area contributed by atoms with E-state index < -0.39 is 0 Å². The minimum atomic E-state index is 0.0918. The zero-order chi connectivity index (χ0) is 14.0. The Kier molecular flexibility index (Phi) is 3.42. The van der Waals surface area contributed by atoms with E-state index in [4.69, 9.17) is 10.5 Å². The number of hydrogen-bond donors (Lipinski definition) is 1. The second kappa shape index (κ2) is 4.87. The summed E-state index contributed by atoms with van der Waals surface area (Å²) in [7, 11) is 1.61. The molecule has 102 valence electrons. The van der Waals surface area contributed by atoms with Crippen LogP contribution >= 0.6 is 0 Å². The van der Waals surface area contributed by atoms with Crippen LogP contribution in [-0.2, 0) is 6.54 Å². The maximum atomic E-state index is 5.86. The van der Waals surface area contributed by atoms with Crippen LogP contribution in [0.15, 0.2) is 18.2 Å². The molecule has 19 heavy (non-hydrogen) atoms. The SMILES string of the molecule is COc1cc(N)cc(-c2nnnn2CC(C)(C)C)c1. The molecule has 0 bridgehead atoms. The summed E-state index contributed by atoms with van der Waals surface area (Å²) in [4.78, 5) is 0. The highest BCUT2D eigenvalue weighted by Gasteiger charge is 2.17. The summed E-state index contributed by atoms with van der Waals surface area (Å²) in [6, 6.07) is 5.48. The van der Waals surface area contributed by atoms with E-state index in [9.17, 15) is 0 Å². The van der Waals surface area contributed by atoms with Gasteiger partial charge in [-0.1, -0.05) is 20.8 Å². The van der Waals surface area contributed by atoms with Gasteiger partial charge >= 0.3 is 0 Å². The minimum absolute atomic E-state index is 0.0918. The molecule has 0 aliphatic heterocycles. The molecule has 0 saturated carbocycles. The normalized spacial score (nSPS) is 11.6. The lowest BCUT2D eigenvalue weighted by molar-refractivity contribution is 0.323. The molecule has 6 heteroatoms. The Hall–Kier alpha value is -2.11. The summed E-state index contributed by atoms with van der Waals surface area (Å²) in [6.45, 7) is 7.14. The maximum absolute atomic E-state index is 5.86. The van der Waals surface area contributed by atoms with Gasteiger partial charge in [0.25, 0.3) is 0 Å². The van der Waals surface area contributed by atoms with E-state index >= 15 is 0 Å². The van der Waals surface area contributed by atoms with Gasteiger partial charge in [0.05, 0.1) is 7.11 Å². The van der Waals surface area contributed by atoms with Gasteiger partial charge in [0, 0.05) is 23.9 Å². The van der Waals surface area contributed by atoms with Gasteiger partial charge in [0.1, 0.15) is 5.75 Å². The van der Waals surface area contributed by atoms with Crippen LogP contribution in [0.3, 0.4) is 0 Å². The Labute approximate surface area is 112 Å². The molecule has 0 amide bonds. The Morgan fingerprint density at radius 1 is 1.26 bits per heavy atom. The molecule has 1 aromatic carbocycles. The van der Waals surface area contributed by atoms with Crippen LogP contribution in [0.5, 0.6) is 5.75 Å². The third-order valence-electron chi connectivity index (χ3n) is 2.58. The van der Waals surface area contributed by atoms with Gasteiger partial charge in [-0.25, -0.2) is 4.68 Å². The van der Waals surface area contributed by atoms with E-state index in [-0.39, 0.29) is 5.41 Å². The van der Waals surface area contributed by atoms with E-state index in [0.29, 0.717) is 17.3 Å². The lowest BCUT2D eigenvalue weighted by atomic mass is 9.97. The van der Waals surface area contributed by atoms with Crippen LogP contribution in [0.25, 0.3) is 11.4 Å². The first-order valence-electron chi connectivity index (χ1n) is 6.10. The number of nitrogen functional groups attached to an aromatic ring is 1. The Morgan fingerprint density at radius 3 is 2.63 bits per heavy atom. The van der Waals surface area contributed by atoms with Crippen molar-refractivity contribution in [2.24, 2.45) is 5.41 Å². The van der Waals surface area contributed by atoms with Crippen LogP contribution in [0.4, 0.5) is 5.69 Å². The first kappa shape index (κ1) is 13.3. The summed E-state index contributed by atoms with van der Waals surface area (Å²) in [5.74, 6) is 1.39. The molecule has 0 radical (unpaired) electrons. The predicted molar refractivity (Wildman–Crippen MR) is 73.7 cm³/mol. The van der Waals surface area contributed by atoms with Gasteiger partial charge in [0.2, 0.25) is 0 Å². The number of ether oxygens (including phenoxy) is 1. The maximum Gasteiger partial charge on any atom is 0.182 e. The summed E-state index contributed by atoms with van der Waals surface area (Å²) in [6.07, 6.45) is 0. The summed E-state index contributed by atoms with van der Waals surface area (Å²) < 4.78 is 7.00. The monoisotopic (exact) mass is 261 g/mol. The van der Waals surface area contributed by atoms with Gasteiger partial charge in [-0.05, 0) is 28.0 Å². The van der Waals surface area contributed by atoms with Gasteiger partial charge in [0.15, 0.2) is 5.82 Å². The van der Waals surface area contributed by atoms with Crippen molar-refractivity contribution < 1.29 is 4.74 Å². The van der Waals surface area contributed by atoms with Crippen molar-refractivity contribution in [2.75, 3.05) is 12.8 Å². The van der Waals surface area contributed by atoms with Gasteiger partial charge in [-0.2, -0.15) is 0 Å². The Bertz CT molecular complexity index is 571. The van der Waals surface area contributed by atoms with Gasteiger partial charge in [-0.3, -0.25) is 0 Å². The van der Waals surface area contributed by atoms with Crippen molar-refractivity contribution in [3.05, 3.63) is 18.2 Å². The third-order valence-corrected chi connectivity index (χ3v) is 2.58. The largest absolute Gasteiger partial charge is 0.497 e. The summed E-state index contributed by atoms with van der Waals surface area (Å²) in [5.41, 5.74) is 7.43. The third kappa shape index (κ3) is 3.21. The number of anilines is 1. The number of nitrogens with zero attached hydrogens (tertiary/aromatic N) is 4. The smallest absolute Gasteiger partial charge is 0.182 e. The molecule has 0 spiro atoms. The molecule has 6 nitrogen and oxygen atoms in total. The fraction of sp³-hybridized carbons (Fsp3) is 0.462. The number of benzene rings is 1. The highest BCUT2D eigenvalue weighted by atomic mass is 16.5. The number of tetrazole rings is 1. The zero-order valence-corrected chi connectivity index (χ0v) is 11.7. The lowest BCUT2D eigenvalue weighted by Gasteiger charge is -2.18. The summed E-state index contributed by atoms with van der Waals surface area (Å²) >= 11 is 0. The molecule has 0 saturated heterocycles. The van der Waals surface area contributed by atoms with E-state index in [2.05, 4.69) is 36.3 Å². The molecule has 1 heterocycles. The van der Waals surface area contributed by atoms with Crippen molar-refractivity contribution in [3.63, 3.8) is 0 Å². The van der Waals surface area contributed by atoms with E-state index in [1.807, 2.05) is 12.1 Å². The van der Waals surface area contributed by atoms with Crippen LogP contribution < -0.4 is 10.5 Å². The van der Waals surface area contributed by atoms with Crippen molar-refractivity contribution in [3.8, 4) is 17.1 Å². The average molecular weight is 261 g/mol. The van der Waals surface area contributed by atoms with Crippen molar-refractivity contribution in [1.82, 2.24) is 20.2 Å². The number of hydrogen-bond acceptors (Lipinski definition) is 5. The van der Waals surface area contributed by atoms with Gasteiger partial charge < -0.3 is 10.5 Å². The fourth-order valence-corrected chi connectivity index (χ4v) is 1.84. The van der Waals surface area contributed by atoms with E-state index in [1.165, 1.54) is 0 Å². The molecule has 0 aliphatic rings. The zero-order valence-electron chi connectivity index (χ0n) is 11.7. The van der Waals surface area contributed by atoms with Crippen molar-refractivity contribution >= 4 is 5.69 Å². The van der Waals surface area contributed by atoms with Crippen molar-refractivity contribution in [1.29, 1.82) is 0 Å². The van der Waals surface area contributed by atoms with E-state index in [1.54, 1.807) is 17.9 Å². The average Bonchev–Trinajstić information content (AvgIpc) is 2.73. The molecule has 1 aromatic heterocycles. The highest BCUT2D eigenvalue weighted by Crippen LogP contribution is 2.27. The molecule has 2 N–H and O–H groups in total. The topological polar surface area (TPSA) is 78.8 Å². The molecule has 2 aromatic rings. The molecule has 0 fully saturated rings. The lowest BCUT2D eigenvalue weighted by Crippen LogP contribution is -2.17. The molecule has 2 rings (SSSR count). The molecular weight excluding hydrogens is 242 g/mol. The Morgan fingerprint density at radius 2 is 2.00 bits per heavy atom. The molecule has 0 atom stereocenters. The molecule has 0 aliphatic carbocycles. The number of methoxy groups -OCH3 is 1. The van der Waals surface area contributed by atoms with Crippen LogP contribution in [-0.4, -0.2) is 27.3 Å². The standard InChI is InChI=1S/C13H19N5O/c1-13(2,3)8-18-12(15-16-17-18)9-5-10(14)7-11(6-9)19-4/h5-7H,8,14H2,1-4H3. The molecular formula is C13H19N5O. The number of rotatable bonds is 3.